The number of fused-ring (bicyclic) bond motifs is 5. The summed E-state index contributed by atoms with van der Waals surface area (Å²) in [6.45, 7) is 9.16. The van der Waals surface area contributed by atoms with Crippen LogP contribution in [0.3, 0.4) is 0 Å². The van der Waals surface area contributed by atoms with Crippen molar-refractivity contribution in [2.24, 2.45) is 40.4 Å². The number of carbonyl (C=O) groups excluding carboxylic acids is 2. The van der Waals surface area contributed by atoms with Crippen molar-refractivity contribution in [3.05, 3.63) is 0 Å². The van der Waals surface area contributed by atoms with Crippen molar-refractivity contribution in [2.75, 3.05) is 7.11 Å². The van der Waals surface area contributed by atoms with Crippen LogP contribution in [0, 0.1) is 40.4 Å². The van der Waals surface area contributed by atoms with E-state index in [-0.39, 0.29) is 10.8 Å². The largest absolute Gasteiger partial charge is 0.370 e. The van der Waals surface area contributed by atoms with Crippen molar-refractivity contribution in [1.29, 1.82) is 0 Å². The smallest absolute Gasteiger partial charge is 0.164 e. The van der Waals surface area contributed by atoms with Gasteiger partial charge in [0, 0.05) is 31.8 Å². The molecular weight excluding hydrogens is 336 g/mol. The maximum Gasteiger partial charge on any atom is 0.164 e. The predicted octanol–water partition coefficient (Wildman–Crippen LogP) is 5.21. The highest BCUT2D eigenvalue weighted by molar-refractivity contribution is 5.88. The average Bonchev–Trinajstić information content (AvgIpc) is 2.94. The highest BCUT2D eigenvalue weighted by Gasteiger charge is 2.67. The molecule has 0 saturated heterocycles. The number of hydrogen-bond donors (Lipinski definition) is 0. The van der Waals surface area contributed by atoms with Gasteiger partial charge in [0.2, 0.25) is 0 Å². The molecular formula is C24H38O3. The van der Waals surface area contributed by atoms with Crippen LogP contribution in [0.15, 0.2) is 0 Å². The summed E-state index contributed by atoms with van der Waals surface area (Å²) in [6.07, 6.45) is 8.83. The second-order valence-electron chi connectivity index (χ2n) is 11.0. The molecule has 4 fully saturated rings. The summed E-state index contributed by atoms with van der Waals surface area (Å²) < 4.78 is 6.08. The zero-order valence-electron chi connectivity index (χ0n) is 18.0. The van der Waals surface area contributed by atoms with E-state index in [2.05, 4.69) is 20.8 Å². The molecule has 0 heterocycles. The van der Waals surface area contributed by atoms with E-state index < -0.39 is 5.60 Å². The standard InChI is InChI=1S/C24H38O3/c1-6-21(26)24(27-5)12-10-19-18-14-22(2,3)20-13-15(25)7-8-17(20)16(18)9-11-23(19,24)4/h16-20H,6-14H2,1-5H3/t16?,17?,18?,19?,20?,23-,24-/m0/s1. The van der Waals surface area contributed by atoms with E-state index in [1.165, 1.54) is 12.8 Å². The first-order valence-electron chi connectivity index (χ1n) is 11.3. The quantitative estimate of drug-likeness (QED) is 0.681. The maximum absolute atomic E-state index is 13.0. The van der Waals surface area contributed by atoms with E-state index in [9.17, 15) is 9.59 Å². The third-order valence-electron chi connectivity index (χ3n) is 9.77. The van der Waals surface area contributed by atoms with Gasteiger partial charge in [-0.3, -0.25) is 9.59 Å². The van der Waals surface area contributed by atoms with Crippen molar-refractivity contribution in [3.8, 4) is 0 Å². The lowest BCUT2D eigenvalue weighted by molar-refractivity contribution is -0.177. The number of ketones is 2. The van der Waals surface area contributed by atoms with E-state index in [1.54, 1.807) is 7.11 Å². The maximum atomic E-state index is 13.0. The Morgan fingerprint density at radius 2 is 1.78 bits per heavy atom. The zero-order chi connectivity index (χ0) is 19.6. The lowest BCUT2D eigenvalue weighted by Crippen LogP contribution is -2.59. The van der Waals surface area contributed by atoms with Gasteiger partial charge in [-0.1, -0.05) is 27.7 Å². The number of methoxy groups -OCH3 is 1. The fourth-order valence-corrected chi connectivity index (χ4v) is 8.49. The molecule has 152 valence electrons. The summed E-state index contributed by atoms with van der Waals surface area (Å²) in [5.74, 6) is 4.09. The Hall–Kier alpha value is -0.700. The van der Waals surface area contributed by atoms with Gasteiger partial charge in [0.05, 0.1) is 0 Å². The van der Waals surface area contributed by atoms with Crippen LogP contribution < -0.4 is 0 Å². The monoisotopic (exact) mass is 374 g/mol. The molecule has 0 radical (unpaired) electrons. The molecule has 0 aromatic rings. The van der Waals surface area contributed by atoms with Crippen LogP contribution in [0.1, 0.15) is 85.5 Å². The Morgan fingerprint density at radius 1 is 1.04 bits per heavy atom. The number of carbonyl (C=O) groups is 2. The first kappa shape index (κ1) is 19.6. The molecule has 4 aliphatic rings. The minimum atomic E-state index is -0.569. The number of hydrogen-bond acceptors (Lipinski definition) is 3. The van der Waals surface area contributed by atoms with Gasteiger partial charge in [-0.25, -0.2) is 0 Å². The van der Waals surface area contributed by atoms with Crippen molar-refractivity contribution in [3.63, 3.8) is 0 Å². The van der Waals surface area contributed by atoms with Gasteiger partial charge in [0.1, 0.15) is 11.4 Å². The van der Waals surface area contributed by atoms with Crippen molar-refractivity contribution < 1.29 is 14.3 Å². The van der Waals surface area contributed by atoms with Gasteiger partial charge in [0.25, 0.3) is 0 Å². The molecule has 0 aromatic carbocycles. The third-order valence-corrected chi connectivity index (χ3v) is 9.77. The van der Waals surface area contributed by atoms with E-state index >= 15 is 0 Å². The molecule has 4 aliphatic carbocycles. The van der Waals surface area contributed by atoms with Gasteiger partial charge in [0.15, 0.2) is 5.78 Å². The Morgan fingerprint density at radius 3 is 2.44 bits per heavy atom. The Balaban J connectivity index is 1.69. The molecule has 4 saturated carbocycles. The topological polar surface area (TPSA) is 43.4 Å². The fraction of sp³-hybridized carbons (Fsp3) is 0.917. The summed E-state index contributed by atoms with van der Waals surface area (Å²) in [7, 11) is 1.76. The SMILES string of the molecule is CCC(=O)[C@@]1(OC)CCC2C3CC(C)(C)C4CC(=O)CCC4C3CC[C@@]21C. The molecule has 0 aliphatic heterocycles. The summed E-state index contributed by atoms with van der Waals surface area (Å²) >= 11 is 0. The molecule has 0 amide bonds. The van der Waals surface area contributed by atoms with E-state index in [0.29, 0.717) is 41.7 Å². The summed E-state index contributed by atoms with van der Waals surface area (Å²) in [5, 5.41) is 0. The van der Waals surface area contributed by atoms with Gasteiger partial charge >= 0.3 is 0 Å². The van der Waals surface area contributed by atoms with Crippen LogP contribution in [0.4, 0.5) is 0 Å². The van der Waals surface area contributed by atoms with E-state index in [4.69, 9.17) is 4.74 Å². The Bertz CT molecular complexity index is 638. The van der Waals surface area contributed by atoms with Crippen LogP contribution >= 0.6 is 0 Å². The number of ether oxygens (including phenoxy) is 1. The molecule has 0 N–H and O–H groups in total. The molecule has 27 heavy (non-hydrogen) atoms. The van der Waals surface area contributed by atoms with Crippen molar-refractivity contribution in [2.45, 2.75) is 91.1 Å². The molecule has 3 heteroatoms. The predicted molar refractivity (Wildman–Crippen MR) is 106 cm³/mol. The minimum absolute atomic E-state index is 0.0244. The van der Waals surface area contributed by atoms with Gasteiger partial charge in [-0.05, 0) is 73.5 Å². The first-order chi connectivity index (χ1) is 12.7. The molecule has 0 bridgehead atoms. The Labute approximate surface area is 165 Å². The third kappa shape index (κ3) is 2.56. The van der Waals surface area contributed by atoms with Crippen LogP contribution in [0.25, 0.3) is 0 Å². The van der Waals surface area contributed by atoms with Gasteiger partial charge < -0.3 is 4.74 Å². The molecule has 7 atom stereocenters. The Kier molecular flexibility index (Phi) is 4.65. The molecule has 4 rings (SSSR count). The average molecular weight is 375 g/mol. The van der Waals surface area contributed by atoms with Crippen molar-refractivity contribution >= 4 is 11.6 Å². The second-order valence-corrected chi connectivity index (χ2v) is 11.0. The van der Waals surface area contributed by atoms with Gasteiger partial charge in [-0.2, -0.15) is 0 Å². The molecule has 0 aromatic heterocycles. The van der Waals surface area contributed by atoms with E-state index in [0.717, 1.165) is 44.4 Å². The molecule has 3 nitrogen and oxygen atoms in total. The van der Waals surface area contributed by atoms with Crippen LogP contribution in [0.5, 0.6) is 0 Å². The highest BCUT2D eigenvalue weighted by Crippen LogP contribution is 2.68. The van der Waals surface area contributed by atoms with Gasteiger partial charge in [-0.15, -0.1) is 0 Å². The zero-order valence-corrected chi connectivity index (χ0v) is 18.0. The second kappa shape index (κ2) is 6.40. The fourth-order valence-electron chi connectivity index (χ4n) is 8.49. The normalized spacial score (nSPS) is 48.5. The summed E-state index contributed by atoms with van der Waals surface area (Å²) in [4.78, 5) is 25.2. The van der Waals surface area contributed by atoms with Crippen molar-refractivity contribution in [1.82, 2.24) is 0 Å². The van der Waals surface area contributed by atoms with E-state index in [1.807, 2.05) is 6.92 Å². The number of rotatable bonds is 3. The molecule has 5 unspecified atom stereocenters. The summed E-state index contributed by atoms with van der Waals surface area (Å²) in [5.41, 5.74) is -0.364. The first-order valence-corrected chi connectivity index (χ1v) is 11.3. The molecule has 0 spiro atoms. The highest BCUT2D eigenvalue weighted by atomic mass is 16.5. The van der Waals surface area contributed by atoms with Crippen LogP contribution in [-0.2, 0) is 14.3 Å². The lowest BCUT2D eigenvalue weighted by atomic mass is 9.44. The summed E-state index contributed by atoms with van der Waals surface area (Å²) in [6, 6.07) is 0. The van der Waals surface area contributed by atoms with Crippen LogP contribution in [-0.4, -0.2) is 24.3 Å². The lowest BCUT2D eigenvalue weighted by Gasteiger charge is -2.61. The van der Waals surface area contributed by atoms with Crippen LogP contribution in [0.2, 0.25) is 0 Å². The minimum Gasteiger partial charge on any atom is -0.370 e. The number of Topliss-reactive ketones (excluding diaryl/α,β-unsaturated/α-hetero) is 2.